The topological polar surface area (TPSA) is 112 Å². The molecule has 2 rings (SSSR count). The smallest absolute Gasteiger partial charge is 0.407 e. The first kappa shape index (κ1) is 22.6. The quantitative estimate of drug-likeness (QED) is 0.582. The van der Waals surface area contributed by atoms with Gasteiger partial charge in [-0.3, -0.25) is 0 Å². The van der Waals surface area contributed by atoms with Crippen molar-refractivity contribution in [2.75, 3.05) is 33.0 Å². The summed E-state index contributed by atoms with van der Waals surface area (Å²) in [6, 6.07) is 4.91. The minimum Gasteiger partial charge on any atom is -0.478 e. The van der Waals surface area contributed by atoms with Crippen molar-refractivity contribution >= 4 is 23.1 Å². The van der Waals surface area contributed by atoms with Crippen LogP contribution in [-0.2, 0) is 20.8 Å². The molecule has 0 unspecified atom stereocenters. The van der Waals surface area contributed by atoms with Crippen LogP contribution in [0, 0.1) is 6.92 Å². The number of ether oxygens (including phenoxy) is 3. The SMILES string of the molecule is Cc1nc2cc(C(=O)O)ccc2n1CCOCCOCCNC(=O)OC(C)(C)C. The van der Waals surface area contributed by atoms with E-state index in [1.807, 2.05) is 32.3 Å². The average Bonchev–Trinajstić information content (AvgIpc) is 2.93. The molecule has 1 heterocycles. The van der Waals surface area contributed by atoms with Gasteiger partial charge in [-0.05, 0) is 45.9 Å². The van der Waals surface area contributed by atoms with Crippen molar-refractivity contribution in [3.63, 3.8) is 0 Å². The standard InChI is InChI=1S/C20H29N3O6/c1-14-22-16-13-15(18(24)25)5-6-17(16)23(14)8-10-28-12-11-27-9-7-21-19(26)29-20(2,3)4/h5-6,13H,7-12H2,1-4H3,(H,21,26)(H,24,25). The fourth-order valence-electron chi connectivity index (χ4n) is 2.68. The lowest BCUT2D eigenvalue weighted by atomic mass is 10.2. The van der Waals surface area contributed by atoms with E-state index in [2.05, 4.69) is 10.3 Å². The molecule has 0 saturated heterocycles. The van der Waals surface area contributed by atoms with Crippen LogP contribution in [0.3, 0.4) is 0 Å². The van der Waals surface area contributed by atoms with Crippen molar-refractivity contribution in [3.05, 3.63) is 29.6 Å². The maximum Gasteiger partial charge on any atom is 0.407 e. The second-order valence-corrected chi connectivity index (χ2v) is 7.47. The third-order valence-corrected chi connectivity index (χ3v) is 3.93. The van der Waals surface area contributed by atoms with Gasteiger partial charge in [-0.1, -0.05) is 0 Å². The lowest BCUT2D eigenvalue weighted by Crippen LogP contribution is -2.34. The molecule has 2 N–H and O–H groups in total. The number of hydrogen-bond acceptors (Lipinski definition) is 6. The summed E-state index contributed by atoms with van der Waals surface area (Å²) < 4.78 is 18.1. The van der Waals surface area contributed by atoms with Crippen LogP contribution >= 0.6 is 0 Å². The number of carbonyl (C=O) groups excluding carboxylic acids is 1. The van der Waals surface area contributed by atoms with Crippen molar-refractivity contribution < 1.29 is 28.9 Å². The van der Waals surface area contributed by atoms with Crippen LogP contribution in [0.2, 0.25) is 0 Å². The molecule has 0 fully saturated rings. The molecule has 0 saturated carbocycles. The highest BCUT2D eigenvalue weighted by Crippen LogP contribution is 2.17. The third kappa shape index (κ3) is 7.35. The summed E-state index contributed by atoms with van der Waals surface area (Å²) >= 11 is 0. The minimum absolute atomic E-state index is 0.219. The number of aromatic carboxylic acids is 1. The molecule has 0 atom stereocenters. The number of fused-ring (bicyclic) bond motifs is 1. The van der Waals surface area contributed by atoms with Crippen molar-refractivity contribution in [1.29, 1.82) is 0 Å². The van der Waals surface area contributed by atoms with Gasteiger partial charge in [-0.15, -0.1) is 0 Å². The molecule has 0 radical (unpaired) electrons. The summed E-state index contributed by atoms with van der Waals surface area (Å²) in [7, 11) is 0. The van der Waals surface area contributed by atoms with Crippen LogP contribution in [0.1, 0.15) is 37.0 Å². The highest BCUT2D eigenvalue weighted by Gasteiger charge is 2.15. The fraction of sp³-hybridized carbons (Fsp3) is 0.550. The molecular weight excluding hydrogens is 378 g/mol. The zero-order chi connectivity index (χ0) is 21.4. The molecule has 0 aliphatic carbocycles. The molecular formula is C20H29N3O6. The van der Waals surface area contributed by atoms with Gasteiger partial charge < -0.3 is 29.2 Å². The fourth-order valence-corrected chi connectivity index (χ4v) is 2.68. The number of amides is 1. The Morgan fingerprint density at radius 3 is 2.48 bits per heavy atom. The van der Waals surface area contributed by atoms with E-state index in [1.165, 1.54) is 0 Å². The minimum atomic E-state index is -0.969. The summed E-state index contributed by atoms with van der Waals surface area (Å²) in [5, 5.41) is 11.7. The van der Waals surface area contributed by atoms with E-state index in [4.69, 9.17) is 19.3 Å². The molecule has 0 bridgehead atoms. The number of carboxylic acid groups (broad SMARTS) is 1. The van der Waals surface area contributed by atoms with E-state index < -0.39 is 17.7 Å². The molecule has 2 aromatic rings. The first-order chi connectivity index (χ1) is 13.7. The van der Waals surface area contributed by atoms with Gasteiger partial charge in [-0.25, -0.2) is 14.6 Å². The van der Waals surface area contributed by atoms with Crippen molar-refractivity contribution in [2.45, 2.75) is 39.8 Å². The van der Waals surface area contributed by atoms with Gasteiger partial charge in [0.1, 0.15) is 11.4 Å². The van der Waals surface area contributed by atoms with Crippen LogP contribution in [0.5, 0.6) is 0 Å². The number of aryl methyl sites for hydroxylation is 1. The number of imidazole rings is 1. The van der Waals surface area contributed by atoms with Gasteiger partial charge in [0.15, 0.2) is 0 Å². The predicted octanol–water partition coefficient (Wildman–Crippen LogP) is 2.60. The first-order valence-corrected chi connectivity index (χ1v) is 9.50. The molecule has 29 heavy (non-hydrogen) atoms. The zero-order valence-electron chi connectivity index (χ0n) is 17.4. The zero-order valence-corrected chi connectivity index (χ0v) is 17.4. The Kier molecular flexibility index (Phi) is 7.98. The van der Waals surface area contributed by atoms with Crippen molar-refractivity contribution in [3.8, 4) is 0 Å². The van der Waals surface area contributed by atoms with Crippen LogP contribution < -0.4 is 5.32 Å². The number of alkyl carbamates (subject to hydrolysis) is 1. The number of hydrogen-bond donors (Lipinski definition) is 2. The molecule has 1 aromatic heterocycles. The summed E-state index contributed by atoms with van der Waals surface area (Å²) in [5.74, 6) is -0.167. The largest absolute Gasteiger partial charge is 0.478 e. The monoisotopic (exact) mass is 407 g/mol. The number of rotatable bonds is 10. The van der Waals surface area contributed by atoms with Gasteiger partial charge in [0, 0.05) is 13.1 Å². The molecule has 0 spiro atoms. The Labute approximate surface area is 170 Å². The van der Waals surface area contributed by atoms with Crippen LogP contribution in [-0.4, -0.2) is 65.3 Å². The number of nitrogens with one attached hydrogen (secondary N) is 1. The van der Waals surface area contributed by atoms with Gasteiger partial charge in [0.05, 0.1) is 43.0 Å². The molecule has 0 aliphatic rings. The summed E-state index contributed by atoms with van der Waals surface area (Å²) in [5.41, 5.74) is 1.23. The van der Waals surface area contributed by atoms with E-state index in [-0.39, 0.29) is 5.56 Å². The number of carboxylic acids is 1. The molecule has 1 aromatic carbocycles. The molecule has 9 heteroatoms. The van der Waals surface area contributed by atoms with Crippen LogP contribution in [0.25, 0.3) is 11.0 Å². The number of benzene rings is 1. The second kappa shape index (κ2) is 10.2. The normalized spacial score (nSPS) is 11.6. The Morgan fingerprint density at radius 1 is 1.14 bits per heavy atom. The number of nitrogens with zero attached hydrogens (tertiary/aromatic N) is 2. The van der Waals surface area contributed by atoms with Crippen molar-refractivity contribution in [2.24, 2.45) is 0 Å². The third-order valence-electron chi connectivity index (χ3n) is 3.93. The van der Waals surface area contributed by atoms with E-state index >= 15 is 0 Å². The maximum atomic E-state index is 11.5. The molecule has 9 nitrogen and oxygen atoms in total. The highest BCUT2D eigenvalue weighted by atomic mass is 16.6. The van der Waals surface area contributed by atoms with Gasteiger partial charge in [0.25, 0.3) is 0 Å². The first-order valence-electron chi connectivity index (χ1n) is 9.50. The summed E-state index contributed by atoms with van der Waals surface area (Å²) in [4.78, 5) is 27.0. The number of aromatic nitrogens is 2. The predicted molar refractivity (Wildman–Crippen MR) is 107 cm³/mol. The van der Waals surface area contributed by atoms with Gasteiger partial charge >= 0.3 is 12.1 Å². The summed E-state index contributed by atoms with van der Waals surface area (Å²) in [6.07, 6.45) is -0.462. The Balaban J connectivity index is 1.63. The van der Waals surface area contributed by atoms with Gasteiger partial charge in [0.2, 0.25) is 0 Å². The van der Waals surface area contributed by atoms with E-state index in [9.17, 15) is 9.59 Å². The lowest BCUT2D eigenvalue weighted by Gasteiger charge is -2.19. The summed E-state index contributed by atoms with van der Waals surface area (Å²) in [6.45, 7) is 9.98. The van der Waals surface area contributed by atoms with Crippen LogP contribution in [0.15, 0.2) is 18.2 Å². The van der Waals surface area contributed by atoms with E-state index in [0.29, 0.717) is 45.0 Å². The maximum absolute atomic E-state index is 11.5. The molecule has 160 valence electrons. The molecule has 0 aliphatic heterocycles. The van der Waals surface area contributed by atoms with Crippen molar-refractivity contribution in [1.82, 2.24) is 14.9 Å². The van der Waals surface area contributed by atoms with E-state index in [1.54, 1.807) is 18.2 Å². The molecule has 1 amide bonds. The lowest BCUT2D eigenvalue weighted by molar-refractivity contribution is 0.0383. The second-order valence-electron chi connectivity index (χ2n) is 7.47. The average molecular weight is 407 g/mol. The van der Waals surface area contributed by atoms with E-state index in [0.717, 1.165) is 11.3 Å². The highest BCUT2D eigenvalue weighted by molar-refractivity contribution is 5.92. The Morgan fingerprint density at radius 2 is 1.83 bits per heavy atom. The van der Waals surface area contributed by atoms with Crippen LogP contribution in [0.4, 0.5) is 4.79 Å². The number of carbonyl (C=O) groups is 2. The Bertz CT molecular complexity index is 841. The Hall–Kier alpha value is -2.65. The van der Waals surface area contributed by atoms with Gasteiger partial charge in [-0.2, -0.15) is 0 Å².